The van der Waals surface area contributed by atoms with Crippen molar-refractivity contribution in [3.63, 3.8) is 0 Å². The Morgan fingerprint density at radius 2 is 1.84 bits per heavy atom. The zero-order valence-electron chi connectivity index (χ0n) is 17.6. The van der Waals surface area contributed by atoms with E-state index in [9.17, 15) is 13.2 Å². The number of carbonyl (C=O) groups excluding carboxylic acids is 1. The van der Waals surface area contributed by atoms with Crippen molar-refractivity contribution in [2.45, 2.75) is 25.2 Å². The first kappa shape index (κ1) is 21.2. The van der Waals surface area contributed by atoms with Gasteiger partial charge in [0.15, 0.2) is 0 Å². The van der Waals surface area contributed by atoms with E-state index in [1.54, 1.807) is 43.4 Å². The molecule has 0 aliphatic carbocycles. The molecule has 1 fully saturated rings. The van der Waals surface area contributed by atoms with Gasteiger partial charge < -0.3 is 9.42 Å². The number of aryl methyl sites for hydroxylation is 3. The molecule has 0 unspecified atom stereocenters. The quantitative estimate of drug-likeness (QED) is 0.586. The number of rotatable bonds is 5. The normalized spacial score (nSPS) is 15.4. The average molecular weight is 445 g/mol. The van der Waals surface area contributed by atoms with Crippen LogP contribution in [0.25, 0.3) is 11.3 Å². The molecule has 1 amide bonds. The lowest BCUT2D eigenvalue weighted by Gasteiger charge is -2.33. The van der Waals surface area contributed by atoms with Crippen molar-refractivity contribution in [2.24, 2.45) is 7.05 Å². The number of amides is 1. The second-order valence-electron chi connectivity index (χ2n) is 7.37. The average Bonchev–Trinajstić information content (AvgIpc) is 3.36. The van der Waals surface area contributed by atoms with Gasteiger partial charge in [-0.2, -0.15) is 9.40 Å². The molecule has 0 saturated carbocycles. The summed E-state index contributed by atoms with van der Waals surface area (Å²) in [7, 11) is -2.10. The summed E-state index contributed by atoms with van der Waals surface area (Å²) in [4.78, 5) is 18.7. The van der Waals surface area contributed by atoms with E-state index < -0.39 is 10.0 Å². The first-order chi connectivity index (χ1) is 14.8. The van der Waals surface area contributed by atoms with Crippen LogP contribution in [0.4, 0.5) is 0 Å². The summed E-state index contributed by atoms with van der Waals surface area (Å²) < 4.78 is 34.9. The van der Waals surface area contributed by atoms with E-state index in [-0.39, 0.29) is 37.0 Å². The van der Waals surface area contributed by atoms with Crippen LogP contribution in [-0.2, 0) is 23.5 Å². The van der Waals surface area contributed by atoms with Crippen molar-refractivity contribution in [3.8, 4) is 11.3 Å². The smallest absolute Gasteiger partial charge is 0.259 e. The zero-order chi connectivity index (χ0) is 22.2. The fourth-order valence-corrected chi connectivity index (χ4v) is 5.34. The molecule has 3 aromatic rings. The molecule has 11 heteroatoms. The monoisotopic (exact) mass is 444 g/mol. The Morgan fingerprint density at radius 3 is 2.48 bits per heavy atom. The minimum atomic E-state index is -3.78. The van der Waals surface area contributed by atoms with Crippen LogP contribution in [0, 0.1) is 6.92 Å². The van der Waals surface area contributed by atoms with E-state index in [0.717, 1.165) is 0 Å². The summed E-state index contributed by atoms with van der Waals surface area (Å²) in [6.45, 7) is 4.61. The lowest BCUT2D eigenvalue weighted by molar-refractivity contribution is 0.0695. The maximum absolute atomic E-state index is 13.4. The first-order valence-electron chi connectivity index (χ1n) is 10.0. The van der Waals surface area contributed by atoms with E-state index in [0.29, 0.717) is 34.7 Å². The van der Waals surface area contributed by atoms with Gasteiger partial charge in [-0.15, -0.1) is 0 Å². The minimum absolute atomic E-state index is 0.143. The number of hydrogen-bond donors (Lipinski definition) is 0. The van der Waals surface area contributed by atoms with Crippen LogP contribution in [0.5, 0.6) is 0 Å². The molecule has 1 saturated heterocycles. The van der Waals surface area contributed by atoms with Crippen LogP contribution in [0.15, 0.2) is 40.1 Å². The first-order valence-corrected chi connectivity index (χ1v) is 11.5. The van der Waals surface area contributed by atoms with Crippen molar-refractivity contribution in [1.82, 2.24) is 29.1 Å². The number of sulfonamides is 1. The molecule has 0 atom stereocenters. The van der Waals surface area contributed by atoms with E-state index >= 15 is 0 Å². The Hall–Kier alpha value is -3.05. The summed E-state index contributed by atoms with van der Waals surface area (Å²) in [5.74, 6) is 0.376. The number of piperazine rings is 1. The van der Waals surface area contributed by atoms with Crippen LogP contribution in [0.1, 0.15) is 28.7 Å². The number of pyridine rings is 1. The zero-order valence-corrected chi connectivity index (χ0v) is 18.5. The van der Waals surface area contributed by atoms with Gasteiger partial charge in [0, 0.05) is 63.8 Å². The summed E-state index contributed by atoms with van der Waals surface area (Å²) in [5, 5.41) is 8.24. The molecule has 10 nitrogen and oxygen atoms in total. The predicted octanol–water partition coefficient (Wildman–Crippen LogP) is 1.49. The Balaban J connectivity index is 1.54. The molecular formula is C20H24N6O4S. The summed E-state index contributed by atoms with van der Waals surface area (Å²) >= 11 is 0. The van der Waals surface area contributed by atoms with Gasteiger partial charge in [0.2, 0.25) is 10.0 Å². The fraction of sp³-hybridized carbons (Fsp3) is 0.400. The molecule has 3 aromatic heterocycles. The predicted molar refractivity (Wildman–Crippen MR) is 112 cm³/mol. The molecule has 0 bridgehead atoms. The van der Waals surface area contributed by atoms with Crippen molar-refractivity contribution in [2.75, 3.05) is 26.2 Å². The van der Waals surface area contributed by atoms with Crippen LogP contribution in [-0.4, -0.2) is 69.6 Å². The van der Waals surface area contributed by atoms with Crippen molar-refractivity contribution >= 4 is 15.9 Å². The minimum Gasteiger partial charge on any atom is -0.360 e. The standard InChI is InChI=1S/C20H24N6O4S/c1-4-16-18(14(2)23-30-16)20(27)25-9-11-26(12-10-25)31(28,29)17-13-24(3)22-19(17)15-5-7-21-8-6-15/h5-8,13H,4,9-12H2,1-3H3. The van der Waals surface area contributed by atoms with Gasteiger partial charge in [-0.25, -0.2) is 8.42 Å². The van der Waals surface area contributed by atoms with Crippen LogP contribution in [0.3, 0.4) is 0 Å². The maximum Gasteiger partial charge on any atom is 0.259 e. The third-order valence-electron chi connectivity index (χ3n) is 5.36. The lowest BCUT2D eigenvalue weighted by atomic mass is 10.1. The molecular weight excluding hydrogens is 420 g/mol. The SMILES string of the molecule is CCc1onc(C)c1C(=O)N1CCN(S(=O)(=O)c2cn(C)nc2-c2ccncc2)CC1. The van der Waals surface area contributed by atoms with E-state index in [2.05, 4.69) is 15.2 Å². The Labute approximate surface area is 180 Å². The van der Waals surface area contributed by atoms with Crippen molar-refractivity contribution in [1.29, 1.82) is 0 Å². The van der Waals surface area contributed by atoms with Gasteiger partial charge in [-0.3, -0.25) is 14.5 Å². The summed E-state index contributed by atoms with van der Waals surface area (Å²) in [5.41, 5.74) is 2.09. The second kappa shape index (κ2) is 8.23. The Bertz CT molecular complexity index is 1190. The highest BCUT2D eigenvalue weighted by atomic mass is 32.2. The van der Waals surface area contributed by atoms with Gasteiger partial charge in [0.1, 0.15) is 21.9 Å². The van der Waals surface area contributed by atoms with Crippen molar-refractivity contribution < 1.29 is 17.7 Å². The van der Waals surface area contributed by atoms with Gasteiger partial charge in [-0.05, 0) is 19.1 Å². The highest BCUT2D eigenvalue weighted by molar-refractivity contribution is 7.89. The molecule has 4 rings (SSSR count). The van der Waals surface area contributed by atoms with Gasteiger partial charge >= 0.3 is 0 Å². The Morgan fingerprint density at radius 1 is 1.16 bits per heavy atom. The summed E-state index contributed by atoms with van der Waals surface area (Å²) in [6, 6.07) is 3.45. The fourth-order valence-electron chi connectivity index (χ4n) is 3.73. The third-order valence-corrected chi connectivity index (χ3v) is 7.26. The number of aromatic nitrogens is 4. The van der Waals surface area contributed by atoms with Crippen molar-refractivity contribution in [3.05, 3.63) is 47.7 Å². The molecule has 164 valence electrons. The van der Waals surface area contributed by atoms with Crippen LogP contribution in [0.2, 0.25) is 0 Å². The highest BCUT2D eigenvalue weighted by Gasteiger charge is 2.34. The summed E-state index contributed by atoms with van der Waals surface area (Å²) in [6.07, 6.45) is 5.27. The molecule has 31 heavy (non-hydrogen) atoms. The van der Waals surface area contributed by atoms with E-state index in [4.69, 9.17) is 4.52 Å². The molecule has 0 aromatic carbocycles. The van der Waals surface area contributed by atoms with Gasteiger partial charge in [0.05, 0.1) is 5.69 Å². The van der Waals surface area contributed by atoms with Gasteiger partial charge in [0.25, 0.3) is 5.91 Å². The number of carbonyl (C=O) groups is 1. The Kier molecular flexibility index (Phi) is 5.63. The topological polar surface area (TPSA) is 114 Å². The number of hydrogen-bond acceptors (Lipinski definition) is 7. The van der Waals surface area contributed by atoms with E-state index in [1.807, 2.05) is 6.92 Å². The maximum atomic E-state index is 13.4. The largest absolute Gasteiger partial charge is 0.360 e. The van der Waals surface area contributed by atoms with E-state index in [1.165, 1.54) is 15.2 Å². The second-order valence-corrected chi connectivity index (χ2v) is 9.27. The molecule has 1 aliphatic rings. The van der Waals surface area contributed by atoms with Crippen LogP contribution >= 0.6 is 0 Å². The van der Waals surface area contributed by atoms with Gasteiger partial charge in [-0.1, -0.05) is 12.1 Å². The molecule has 0 spiro atoms. The van der Waals surface area contributed by atoms with Crippen LogP contribution < -0.4 is 0 Å². The molecule has 4 heterocycles. The molecule has 1 aliphatic heterocycles. The number of nitrogens with zero attached hydrogens (tertiary/aromatic N) is 6. The molecule has 0 N–H and O–H groups in total. The lowest BCUT2D eigenvalue weighted by Crippen LogP contribution is -2.50. The third kappa shape index (κ3) is 3.86. The molecule has 0 radical (unpaired) electrons. The highest BCUT2D eigenvalue weighted by Crippen LogP contribution is 2.28.